The Bertz CT molecular complexity index is 1090. The number of carbonyl (C=O) groups excluding carboxylic acids is 1. The zero-order valence-electron chi connectivity index (χ0n) is 15.5. The summed E-state index contributed by atoms with van der Waals surface area (Å²) in [5, 5.41) is 3.91. The number of anilines is 1. The van der Waals surface area contributed by atoms with Crippen molar-refractivity contribution in [3.63, 3.8) is 0 Å². The highest BCUT2D eigenvalue weighted by Gasteiger charge is 2.14. The molecule has 28 heavy (non-hydrogen) atoms. The highest BCUT2D eigenvalue weighted by atomic mass is 32.1. The third-order valence-corrected chi connectivity index (χ3v) is 5.34. The average molecular weight is 388 g/mol. The lowest BCUT2D eigenvalue weighted by molar-refractivity contribution is 0.102. The van der Waals surface area contributed by atoms with Crippen LogP contribution in [0.3, 0.4) is 0 Å². The van der Waals surface area contributed by atoms with E-state index in [1.165, 1.54) is 0 Å². The molecule has 0 fully saturated rings. The van der Waals surface area contributed by atoms with Crippen LogP contribution in [0.5, 0.6) is 5.75 Å². The van der Waals surface area contributed by atoms with Gasteiger partial charge in [-0.25, -0.2) is 4.98 Å². The summed E-state index contributed by atoms with van der Waals surface area (Å²) >= 11 is 1.62. The molecule has 0 saturated heterocycles. The van der Waals surface area contributed by atoms with Gasteiger partial charge in [-0.1, -0.05) is 37.3 Å². The maximum absolute atomic E-state index is 12.8. The van der Waals surface area contributed by atoms with Gasteiger partial charge in [-0.05, 0) is 48.9 Å². The number of aromatic nitrogens is 1. The number of benzene rings is 3. The number of ether oxygens (including phenoxy) is 1. The van der Waals surface area contributed by atoms with Crippen LogP contribution in [0, 0.1) is 0 Å². The van der Waals surface area contributed by atoms with Crippen LogP contribution in [-0.2, 0) is 0 Å². The SMILES string of the molecule is CCCOc1cccc(C(=O)Nc2ccccc2-c2nc3ccccc3s2)c1. The van der Waals surface area contributed by atoms with Crippen molar-refractivity contribution >= 4 is 33.1 Å². The first-order chi connectivity index (χ1) is 13.7. The molecule has 4 nitrogen and oxygen atoms in total. The van der Waals surface area contributed by atoms with Crippen molar-refractivity contribution in [1.82, 2.24) is 4.98 Å². The summed E-state index contributed by atoms with van der Waals surface area (Å²) in [5.74, 6) is 0.532. The molecule has 0 bridgehead atoms. The maximum atomic E-state index is 12.8. The average Bonchev–Trinajstić information content (AvgIpc) is 3.17. The topological polar surface area (TPSA) is 51.2 Å². The van der Waals surface area contributed by atoms with Crippen molar-refractivity contribution < 1.29 is 9.53 Å². The van der Waals surface area contributed by atoms with E-state index in [0.717, 1.165) is 32.9 Å². The Kier molecular flexibility index (Phi) is 5.35. The molecule has 1 heterocycles. The minimum Gasteiger partial charge on any atom is -0.494 e. The smallest absolute Gasteiger partial charge is 0.255 e. The van der Waals surface area contributed by atoms with E-state index in [4.69, 9.17) is 9.72 Å². The van der Waals surface area contributed by atoms with Crippen LogP contribution < -0.4 is 10.1 Å². The summed E-state index contributed by atoms with van der Waals surface area (Å²) in [6, 6.07) is 23.0. The van der Waals surface area contributed by atoms with Crippen LogP contribution in [0.4, 0.5) is 5.69 Å². The first kappa shape index (κ1) is 18.2. The molecule has 0 aliphatic rings. The van der Waals surface area contributed by atoms with Crippen LogP contribution in [-0.4, -0.2) is 17.5 Å². The number of hydrogen-bond acceptors (Lipinski definition) is 4. The van der Waals surface area contributed by atoms with Gasteiger partial charge in [0.1, 0.15) is 10.8 Å². The Hall–Kier alpha value is -3.18. The molecule has 0 atom stereocenters. The summed E-state index contributed by atoms with van der Waals surface area (Å²) in [7, 11) is 0. The van der Waals surface area contributed by atoms with Gasteiger partial charge in [0.25, 0.3) is 5.91 Å². The second kappa shape index (κ2) is 8.23. The number of hydrogen-bond donors (Lipinski definition) is 1. The predicted octanol–water partition coefficient (Wildman–Crippen LogP) is 6.00. The normalized spacial score (nSPS) is 10.8. The van der Waals surface area contributed by atoms with Crippen molar-refractivity contribution in [2.24, 2.45) is 0 Å². The molecule has 5 heteroatoms. The number of nitrogens with zero attached hydrogens (tertiary/aromatic N) is 1. The van der Waals surface area contributed by atoms with Gasteiger partial charge < -0.3 is 10.1 Å². The van der Waals surface area contributed by atoms with E-state index in [2.05, 4.69) is 18.3 Å². The van der Waals surface area contributed by atoms with Gasteiger partial charge in [-0.2, -0.15) is 0 Å². The second-order valence-corrected chi connectivity index (χ2v) is 7.39. The molecule has 0 aliphatic carbocycles. The number of nitrogens with one attached hydrogen (secondary N) is 1. The van der Waals surface area contributed by atoms with Gasteiger partial charge in [0, 0.05) is 11.1 Å². The zero-order valence-corrected chi connectivity index (χ0v) is 16.3. The molecular formula is C23H20N2O2S. The molecular weight excluding hydrogens is 368 g/mol. The molecule has 0 spiro atoms. The van der Waals surface area contributed by atoms with E-state index < -0.39 is 0 Å². The molecule has 1 amide bonds. The highest BCUT2D eigenvalue weighted by molar-refractivity contribution is 7.21. The van der Waals surface area contributed by atoms with Gasteiger partial charge in [0.2, 0.25) is 0 Å². The highest BCUT2D eigenvalue weighted by Crippen LogP contribution is 2.34. The van der Waals surface area contributed by atoms with Crippen molar-refractivity contribution in [2.75, 3.05) is 11.9 Å². The van der Waals surface area contributed by atoms with Crippen LogP contribution in [0.1, 0.15) is 23.7 Å². The van der Waals surface area contributed by atoms with Crippen LogP contribution >= 0.6 is 11.3 Å². The van der Waals surface area contributed by atoms with Gasteiger partial charge in [-0.15, -0.1) is 11.3 Å². The Labute approximate surface area is 167 Å². The quantitative estimate of drug-likeness (QED) is 0.440. The van der Waals surface area contributed by atoms with E-state index >= 15 is 0 Å². The molecule has 4 rings (SSSR count). The van der Waals surface area contributed by atoms with E-state index in [0.29, 0.717) is 17.9 Å². The van der Waals surface area contributed by atoms with Crippen molar-refractivity contribution in [3.05, 3.63) is 78.4 Å². The summed E-state index contributed by atoms with van der Waals surface area (Å²) in [6.07, 6.45) is 0.923. The Morgan fingerprint density at radius 2 is 1.86 bits per heavy atom. The maximum Gasteiger partial charge on any atom is 0.255 e. The fourth-order valence-corrected chi connectivity index (χ4v) is 3.91. The minimum absolute atomic E-state index is 0.171. The van der Waals surface area contributed by atoms with Gasteiger partial charge in [0.05, 0.1) is 22.5 Å². The standard InChI is InChI=1S/C23H20N2O2S/c1-2-14-27-17-9-7-8-16(15-17)22(26)24-19-11-4-3-10-18(19)23-25-20-12-5-6-13-21(20)28-23/h3-13,15H,2,14H2,1H3,(H,24,26). The lowest BCUT2D eigenvalue weighted by atomic mass is 10.1. The summed E-state index contributed by atoms with van der Waals surface area (Å²) in [6.45, 7) is 2.68. The van der Waals surface area contributed by atoms with Crippen molar-refractivity contribution in [3.8, 4) is 16.3 Å². The van der Waals surface area contributed by atoms with Crippen molar-refractivity contribution in [2.45, 2.75) is 13.3 Å². The fraction of sp³-hybridized carbons (Fsp3) is 0.130. The molecule has 1 N–H and O–H groups in total. The van der Waals surface area contributed by atoms with Crippen LogP contribution in [0.15, 0.2) is 72.8 Å². The van der Waals surface area contributed by atoms with Crippen molar-refractivity contribution in [1.29, 1.82) is 0 Å². The number of amides is 1. The van der Waals surface area contributed by atoms with Crippen LogP contribution in [0.25, 0.3) is 20.8 Å². The van der Waals surface area contributed by atoms with Crippen LogP contribution in [0.2, 0.25) is 0 Å². The molecule has 140 valence electrons. The largest absolute Gasteiger partial charge is 0.494 e. The third kappa shape index (κ3) is 3.89. The predicted molar refractivity (Wildman–Crippen MR) is 115 cm³/mol. The zero-order chi connectivity index (χ0) is 19.3. The number of fused-ring (bicyclic) bond motifs is 1. The second-order valence-electron chi connectivity index (χ2n) is 6.36. The first-order valence-electron chi connectivity index (χ1n) is 9.24. The Morgan fingerprint density at radius 3 is 2.71 bits per heavy atom. The minimum atomic E-state index is -0.171. The van der Waals surface area contributed by atoms with E-state index in [1.54, 1.807) is 23.5 Å². The Morgan fingerprint density at radius 1 is 1.04 bits per heavy atom. The number of thiazole rings is 1. The monoisotopic (exact) mass is 388 g/mol. The first-order valence-corrected chi connectivity index (χ1v) is 10.1. The van der Waals surface area contributed by atoms with Gasteiger partial charge >= 0.3 is 0 Å². The number of para-hydroxylation sites is 2. The summed E-state index contributed by atoms with van der Waals surface area (Å²) < 4.78 is 6.76. The third-order valence-electron chi connectivity index (χ3n) is 4.27. The van der Waals surface area contributed by atoms with E-state index in [9.17, 15) is 4.79 Å². The summed E-state index contributed by atoms with van der Waals surface area (Å²) in [5.41, 5.74) is 3.18. The van der Waals surface area contributed by atoms with Gasteiger partial charge in [-0.3, -0.25) is 4.79 Å². The number of carbonyl (C=O) groups is 1. The molecule has 0 unspecified atom stereocenters. The molecule has 0 radical (unpaired) electrons. The Balaban J connectivity index is 1.61. The molecule has 4 aromatic rings. The van der Waals surface area contributed by atoms with E-state index in [-0.39, 0.29) is 5.91 Å². The molecule has 3 aromatic carbocycles. The van der Waals surface area contributed by atoms with E-state index in [1.807, 2.05) is 54.6 Å². The number of rotatable bonds is 6. The van der Waals surface area contributed by atoms with Gasteiger partial charge in [0.15, 0.2) is 0 Å². The molecule has 0 aliphatic heterocycles. The molecule has 1 aromatic heterocycles. The summed E-state index contributed by atoms with van der Waals surface area (Å²) in [4.78, 5) is 17.5. The lowest BCUT2D eigenvalue weighted by Gasteiger charge is -2.10. The fourth-order valence-electron chi connectivity index (χ4n) is 2.91. The molecule has 0 saturated carbocycles. The lowest BCUT2D eigenvalue weighted by Crippen LogP contribution is -2.12.